The number of hydrogen-bond acceptors (Lipinski definition) is 5. The standard InChI is InChI=1S/C15H23N3O4S/c1-12(19)18-9-5-13-11-14(3-4-15(13)18)23(20,21)17-7-6-16-8-10-22-2/h3-4,11,16-17H,5-10H2,1-2H3. The normalized spacial score (nSPS) is 14.1. The van der Waals surface area contributed by atoms with Crippen LogP contribution >= 0.6 is 0 Å². The molecular weight excluding hydrogens is 318 g/mol. The first-order valence-electron chi connectivity index (χ1n) is 7.56. The van der Waals surface area contributed by atoms with E-state index in [-0.39, 0.29) is 10.8 Å². The molecular formula is C15H23N3O4S. The first-order chi connectivity index (χ1) is 11.0. The number of benzene rings is 1. The van der Waals surface area contributed by atoms with Crippen molar-refractivity contribution >= 4 is 21.6 Å². The first-order valence-corrected chi connectivity index (χ1v) is 9.04. The highest BCUT2D eigenvalue weighted by Gasteiger charge is 2.24. The Balaban J connectivity index is 1.97. The summed E-state index contributed by atoms with van der Waals surface area (Å²) in [5.74, 6) is -0.0281. The summed E-state index contributed by atoms with van der Waals surface area (Å²) >= 11 is 0. The number of carbonyl (C=O) groups is 1. The number of nitrogens with one attached hydrogen (secondary N) is 2. The summed E-state index contributed by atoms with van der Waals surface area (Å²) in [5, 5.41) is 3.07. The molecule has 128 valence electrons. The molecule has 0 radical (unpaired) electrons. The molecule has 1 amide bonds. The van der Waals surface area contributed by atoms with Crippen molar-refractivity contribution in [3.05, 3.63) is 23.8 Å². The number of methoxy groups -OCH3 is 1. The van der Waals surface area contributed by atoms with Crippen LogP contribution in [0.2, 0.25) is 0 Å². The van der Waals surface area contributed by atoms with Crippen molar-refractivity contribution in [1.29, 1.82) is 0 Å². The zero-order valence-corrected chi connectivity index (χ0v) is 14.3. The van der Waals surface area contributed by atoms with Gasteiger partial charge in [-0.2, -0.15) is 0 Å². The first kappa shape index (κ1) is 17.9. The molecule has 0 spiro atoms. The van der Waals surface area contributed by atoms with Crippen LogP contribution < -0.4 is 14.9 Å². The molecule has 1 aromatic rings. The minimum Gasteiger partial charge on any atom is -0.383 e. The van der Waals surface area contributed by atoms with Crippen LogP contribution in [0.25, 0.3) is 0 Å². The highest BCUT2D eigenvalue weighted by molar-refractivity contribution is 7.89. The van der Waals surface area contributed by atoms with Gasteiger partial charge in [-0.3, -0.25) is 4.79 Å². The Bertz CT molecular complexity index is 661. The number of hydrogen-bond donors (Lipinski definition) is 2. The molecule has 1 aliphatic heterocycles. The van der Waals surface area contributed by atoms with E-state index < -0.39 is 10.0 Å². The summed E-state index contributed by atoms with van der Waals surface area (Å²) in [6.45, 7) is 4.22. The van der Waals surface area contributed by atoms with E-state index in [4.69, 9.17) is 4.74 Å². The SMILES string of the molecule is COCCNCCNS(=O)(=O)c1ccc2c(c1)CCN2C(C)=O. The van der Waals surface area contributed by atoms with Gasteiger partial charge in [0, 0.05) is 45.9 Å². The van der Waals surface area contributed by atoms with Gasteiger partial charge in [-0.25, -0.2) is 13.1 Å². The van der Waals surface area contributed by atoms with E-state index in [0.717, 1.165) is 11.3 Å². The number of anilines is 1. The van der Waals surface area contributed by atoms with E-state index in [2.05, 4.69) is 10.0 Å². The van der Waals surface area contributed by atoms with Crippen LogP contribution in [0, 0.1) is 0 Å². The van der Waals surface area contributed by atoms with Crippen molar-refractivity contribution in [3.8, 4) is 0 Å². The van der Waals surface area contributed by atoms with Crippen LogP contribution in [-0.2, 0) is 26.0 Å². The molecule has 23 heavy (non-hydrogen) atoms. The second-order valence-electron chi connectivity index (χ2n) is 5.35. The maximum atomic E-state index is 12.3. The molecule has 0 aliphatic carbocycles. The van der Waals surface area contributed by atoms with E-state index in [1.807, 2.05) is 0 Å². The molecule has 0 unspecified atom stereocenters. The van der Waals surface area contributed by atoms with Gasteiger partial charge >= 0.3 is 0 Å². The summed E-state index contributed by atoms with van der Waals surface area (Å²) < 4.78 is 32.0. The number of rotatable bonds is 8. The van der Waals surface area contributed by atoms with E-state index in [1.54, 1.807) is 30.2 Å². The minimum atomic E-state index is -3.54. The maximum Gasteiger partial charge on any atom is 0.240 e. The van der Waals surface area contributed by atoms with Gasteiger partial charge in [0.25, 0.3) is 0 Å². The van der Waals surface area contributed by atoms with Crippen molar-refractivity contribution in [2.24, 2.45) is 0 Å². The predicted octanol–water partition coefficient (Wildman–Crippen LogP) is 0.110. The Morgan fingerprint density at radius 2 is 2.09 bits per heavy atom. The second kappa shape index (κ2) is 7.87. The van der Waals surface area contributed by atoms with Gasteiger partial charge < -0.3 is 15.0 Å². The van der Waals surface area contributed by atoms with Crippen molar-refractivity contribution in [2.75, 3.05) is 44.8 Å². The quantitative estimate of drug-likeness (QED) is 0.655. The lowest BCUT2D eigenvalue weighted by molar-refractivity contribution is -0.116. The Morgan fingerprint density at radius 3 is 2.78 bits per heavy atom. The number of ether oxygens (including phenoxy) is 1. The smallest absolute Gasteiger partial charge is 0.240 e. The zero-order chi connectivity index (χ0) is 16.9. The van der Waals surface area contributed by atoms with Gasteiger partial charge in [-0.1, -0.05) is 0 Å². The number of amides is 1. The maximum absolute atomic E-state index is 12.3. The Hall–Kier alpha value is -1.48. The van der Waals surface area contributed by atoms with Gasteiger partial charge in [-0.05, 0) is 30.2 Å². The lowest BCUT2D eigenvalue weighted by atomic mass is 10.2. The van der Waals surface area contributed by atoms with Crippen LogP contribution in [0.3, 0.4) is 0 Å². The fourth-order valence-corrected chi connectivity index (χ4v) is 3.61. The molecule has 0 fully saturated rings. The van der Waals surface area contributed by atoms with Crippen LogP contribution in [0.4, 0.5) is 5.69 Å². The highest BCUT2D eigenvalue weighted by Crippen LogP contribution is 2.30. The molecule has 0 bridgehead atoms. The van der Waals surface area contributed by atoms with Crippen molar-refractivity contribution < 1.29 is 17.9 Å². The number of nitrogens with zero attached hydrogens (tertiary/aromatic N) is 1. The molecule has 7 nitrogen and oxygen atoms in total. The highest BCUT2D eigenvalue weighted by atomic mass is 32.2. The fraction of sp³-hybridized carbons (Fsp3) is 0.533. The van der Waals surface area contributed by atoms with E-state index in [1.165, 1.54) is 6.92 Å². The van der Waals surface area contributed by atoms with Gasteiger partial charge in [0.2, 0.25) is 15.9 Å². The van der Waals surface area contributed by atoms with Crippen molar-refractivity contribution in [2.45, 2.75) is 18.2 Å². The topological polar surface area (TPSA) is 87.7 Å². The molecule has 1 heterocycles. The Labute approximate surface area is 137 Å². The Morgan fingerprint density at radius 1 is 1.30 bits per heavy atom. The number of sulfonamides is 1. The summed E-state index contributed by atoms with van der Waals surface area (Å²) in [6.07, 6.45) is 0.677. The molecule has 2 N–H and O–H groups in total. The molecule has 0 atom stereocenters. The second-order valence-corrected chi connectivity index (χ2v) is 7.12. The third kappa shape index (κ3) is 4.51. The molecule has 2 rings (SSSR count). The third-order valence-electron chi connectivity index (χ3n) is 3.71. The summed E-state index contributed by atoms with van der Waals surface area (Å²) in [4.78, 5) is 13.4. The van der Waals surface area contributed by atoms with Crippen LogP contribution in [0.1, 0.15) is 12.5 Å². The van der Waals surface area contributed by atoms with Crippen molar-refractivity contribution in [3.63, 3.8) is 0 Å². The van der Waals surface area contributed by atoms with Crippen LogP contribution in [0.15, 0.2) is 23.1 Å². The van der Waals surface area contributed by atoms with Gasteiger partial charge in [0.1, 0.15) is 0 Å². The molecule has 0 saturated carbocycles. The minimum absolute atomic E-state index is 0.0281. The summed E-state index contributed by atoms with van der Waals surface area (Å²) in [5.41, 5.74) is 1.69. The largest absolute Gasteiger partial charge is 0.383 e. The van der Waals surface area contributed by atoms with Crippen LogP contribution in [-0.4, -0.2) is 54.2 Å². The lowest BCUT2D eigenvalue weighted by Crippen LogP contribution is -2.33. The van der Waals surface area contributed by atoms with E-state index in [0.29, 0.717) is 39.2 Å². The zero-order valence-electron chi connectivity index (χ0n) is 13.5. The van der Waals surface area contributed by atoms with Crippen LogP contribution in [0.5, 0.6) is 0 Å². The summed E-state index contributed by atoms with van der Waals surface area (Å²) in [6, 6.07) is 4.90. The Kier molecular flexibility index (Phi) is 6.11. The third-order valence-corrected chi connectivity index (χ3v) is 5.17. The molecule has 0 saturated heterocycles. The lowest BCUT2D eigenvalue weighted by Gasteiger charge is -2.15. The number of fused-ring (bicyclic) bond motifs is 1. The van der Waals surface area contributed by atoms with Gasteiger partial charge in [0.05, 0.1) is 11.5 Å². The molecule has 1 aromatic carbocycles. The van der Waals surface area contributed by atoms with E-state index in [9.17, 15) is 13.2 Å². The van der Waals surface area contributed by atoms with Crippen molar-refractivity contribution in [1.82, 2.24) is 10.0 Å². The average Bonchev–Trinajstić information content (AvgIpc) is 2.94. The predicted molar refractivity (Wildman–Crippen MR) is 88.1 cm³/mol. The van der Waals surface area contributed by atoms with Gasteiger partial charge in [-0.15, -0.1) is 0 Å². The molecule has 8 heteroatoms. The number of carbonyl (C=O) groups excluding carboxylic acids is 1. The van der Waals surface area contributed by atoms with E-state index >= 15 is 0 Å². The molecule has 1 aliphatic rings. The van der Waals surface area contributed by atoms with Gasteiger partial charge in [0.15, 0.2) is 0 Å². The summed E-state index contributed by atoms with van der Waals surface area (Å²) in [7, 11) is -1.92. The monoisotopic (exact) mass is 341 g/mol. The fourth-order valence-electron chi connectivity index (χ4n) is 2.53. The average molecular weight is 341 g/mol. The molecule has 0 aromatic heterocycles.